The highest BCUT2D eigenvalue weighted by atomic mass is 35.7. The minimum Gasteiger partial charge on any atom is -0.457 e. The normalized spacial score (nSPS) is 31.5. The highest BCUT2D eigenvalue weighted by Gasteiger charge is 2.48. The zero-order chi connectivity index (χ0) is 91.4. The van der Waals surface area contributed by atoms with Gasteiger partial charge in [-0.25, -0.2) is 6.57 Å². The zero-order valence-electron chi connectivity index (χ0n) is 76.7. The monoisotopic (exact) mass is 1780 g/mol. The Balaban J connectivity index is -0.000000659. The van der Waals surface area contributed by atoms with E-state index in [9.17, 15) is 30.0 Å². The average Bonchev–Trinajstić information content (AvgIpc) is 1.69. The first kappa shape index (κ1) is 126. The van der Waals surface area contributed by atoms with Crippen LogP contribution in [0.3, 0.4) is 0 Å². The molecule has 0 aromatic heterocycles. The molecule has 32 atom stereocenters. The molecule has 41 heteroatoms. The topological polar surface area (TPSA) is 372 Å². The number of nitrogens with zero attached hydrogens (tertiary/aromatic N) is 3. The maximum Gasteiger partial charge on any atom is 0.306 e. The molecule has 6 N–H and O–H groups in total. The van der Waals surface area contributed by atoms with E-state index in [2.05, 4.69) is 48.7 Å². The Morgan fingerprint density at radius 1 is 0.504 bits per heavy atom. The van der Waals surface area contributed by atoms with Gasteiger partial charge < -0.3 is 130 Å². The molecule has 14 unspecified atom stereocenters. The quantitative estimate of drug-likeness (QED) is 0.0120. The summed E-state index contributed by atoms with van der Waals surface area (Å²) in [4.78, 5) is 26.4. The third kappa shape index (κ3) is 48.7. The van der Waals surface area contributed by atoms with Crippen LogP contribution in [0.5, 0.6) is 0 Å². The van der Waals surface area contributed by atoms with Gasteiger partial charge in [0.2, 0.25) is 12.5 Å². The van der Waals surface area contributed by atoms with Crippen molar-refractivity contribution in [3.8, 4) is 6.07 Å². The fraction of sp³-hybridized carbons (Fsp3) is 0.950. The van der Waals surface area contributed by atoms with Crippen LogP contribution in [0.2, 0.25) is 0 Å². The number of nitrogens with one attached hydrogen (secondary N) is 1. The van der Waals surface area contributed by atoms with Gasteiger partial charge in [0.25, 0.3) is 0 Å². The molecular weight excluding hydrogens is 1620 g/mol. The Morgan fingerprint density at radius 2 is 0.818 bits per heavy atom. The lowest BCUT2D eigenvalue weighted by atomic mass is 9.92. The van der Waals surface area contributed by atoms with Crippen LogP contribution in [0, 0.1) is 17.9 Å². The average molecular weight is 1780 g/mol. The molecule has 1 amide bonds. The number of methoxy groups -OCH3 is 6. The van der Waals surface area contributed by atoms with Crippen molar-refractivity contribution < 1.29 is 129 Å². The van der Waals surface area contributed by atoms with Gasteiger partial charge in [-0.05, 0) is 100 Å². The number of carbonyl (C=O) groups excluding carboxylic acids is 2. The van der Waals surface area contributed by atoms with E-state index >= 15 is 0 Å². The predicted molar refractivity (Wildman–Crippen MR) is 479 cm³/mol. The van der Waals surface area contributed by atoms with Crippen molar-refractivity contribution in [1.82, 2.24) is 5.32 Å². The Labute approximate surface area is 744 Å². The Bertz CT molecular complexity index is 2630. The summed E-state index contributed by atoms with van der Waals surface area (Å²) in [5.41, 5.74) is 0.380. The summed E-state index contributed by atoms with van der Waals surface area (Å²) in [5, 5.41) is 58.7. The molecule has 0 saturated carbocycles. The van der Waals surface area contributed by atoms with Crippen molar-refractivity contribution in [2.24, 2.45) is 4.74 Å². The first-order chi connectivity index (χ1) is 56.1. The fourth-order valence-corrected chi connectivity index (χ4v) is 15.4. The van der Waals surface area contributed by atoms with Crippen molar-refractivity contribution in [1.29, 1.82) is 5.26 Å². The van der Waals surface area contributed by atoms with Crippen molar-refractivity contribution >= 4 is 93.4 Å². The van der Waals surface area contributed by atoms with Crippen LogP contribution in [0.25, 0.3) is 4.85 Å². The van der Waals surface area contributed by atoms with E-state index in [-0.39, 0.29) is 120 Å². The maximum atomic E-state index is 11.9. The molecule has 0 bridgehead atoms. The predicted octanol–water partition coefficient (Wildman–Crippen LogP) is 6.84. The minimum absolute atomic E-state index is 0. The first-order valence-corrected chi connectivity index (χ1v) is 46.2. The number of carbonyl (C=O) groups is 2. The molecule has 0 aromatic carbocycles. The van der Waals surface area contributed by atoms with Gasteiger partial charge in [0, 0.05) is 132 Å². The van der Waals surface area contributed by atoms with Crippen LogP contribution >= 0.6 is 26.0 Å². The van der Waals surface area contributed by atoms with E-state index in [1.165, 1.54) is 7.05 Å². The summed E-state index contributed by atoms with van der Waals surface area (Å²) in [6, 6.07) is -1.15. The van der Waals surface area contributed by atoms with Crippen LogP contribution in [0.4, 0.5) is 0 Å². The molecule has 14 radical (unpaired) electrons. The van der Waals surface area contributed by atoms with Crippen molar-refractivity contribution in [2.75, 3.05) is 109 Å². The van der Waals surface area contributed by atoms with Crippen LogP contribution in [0.15, 0.2) is 4.74 Å². The fourth-order valence-electron chi connectivity index (χ4n) is 11.6. The number of hydrogen-bond acceptors (Lipinski definition) is 29. The first-order valence-electron chi connectivity index (χ1n) is 41.7. The highest BCUT2D eigenvalue weighted by molar-refractivity contribution is 7.91. The van der Waals surface area contributed by atoms with Gasteiger partial charge in [-0.2, -0.15) is 5.26 Å². The summed E-state index contributed by atoms with van der Waals surface area (Å²) in [5.74, 6) is -0.682. The van der Waals surface area contributed by atoms with Gasteiger partial charge in [0.05, 0.1) is 131 Å². The van der Waals surface area contributed by atoms with E-state index in [4.69, 9.17) is 170 Å². The zero-order valence-corrected chi connectivity index (χ0v) is 79.3. The van der Waals surface area contributed by atoms with E-state index in [1.54, 1.807) is 42.7 Å². The molecule has 0 spiro atoms. The van der Waals surface area contributed by atoms with Crippen LogP contribution in [0.1, 0.15) is 189 Å². The SMILES string of the molecule is C.CC(C)N=P(Cl)(CCC#N)C(C)C.CCC(C)OC.[BH].[B][C@@H]1O[C@H](CC)[C@H](O)C1O.[B][C@@H]1O[C@H](CC)[C@H](O)C1OCC(C)OC.[B][C@@H]1O[C@H](CC)[C@H](O)C1OCC(C)OC.[B][C@@H]1O[C@H](CC)[C@H](O)C1OCC(C)OC.[B][C@@H]1O[C@H](CC)[C@H](OC(=O)CCC(=O)NC)C1OCC(C)OC.[B][C@@H]1O[C@H](CC)[C@H](OP(C)OCC[N+]#[C-])C1OCC(C)OC. The molecule has 694 valence electrons. The van der Waals surface area contributed by atoms with Crippen LogP contribution in [-0.2, 0) is 104 Å². The van der Waals surface area contributed by atoms with Gasteiger partial charge in [-0.15, -0.1) is 0 Å². The highest BCUT2D eigenvalue weighted by Crippen LogP contribution is 2.60. The maximum absolute atomic E-state index is 11.9. The van der Waals surface area contributed by atoms with Gasteiger partial charge in [0.15, 0.2) is 14.5 Å². The second-order valence-electron chi connectivity index (χ2n) is 29.9. The van der Waals surface area contributed by atoms with E-state index < -0.39 is 118 Å². The van der Waals surface area contributed by atoms with E-state index in [0.717, 1.165) is 38.3 Å². The smallest absolute Gasteiger partial charge is 0.306 e. The van der Waals surface area contributed by atoms with E-state index in [1.807, 2.05) is 96.7 Å². The number of hydrogen-bond donors (Lipinski definition) is 6. The largest absolute Gasteiger partial charge is 0.457 e. The van der Waals surface area contributed by atoms with Crippen LogP contribution in [-0.4, -0.2) is 396 Å². The molecule has 6 aliphatic rings. The third-order valence-corrected chi connectivity index (χ3v) is 26.1. The van der Waals surface area contributed by atoms with E-state index in [0.29, 0.717) is 77.2 Å². The molecule has 31 nitrogen and oxygen atoms in total. The van der Waals surface area contributed by atoms with Gasteiger partial charge in [0.1, 0.15) is 115 Å². The Morgan fingerprint density at radius 3 is 1.08 bits per heavy atom. The van der Waals surface area contributed by atoms with Crippen molar-refractivity contribution in [3.63, 3.8) is 0 Å². The number of aliphatic hydroxyl groups excluding tert-OH is 5. The third-order valence-electron chi connectivity index (χ3n) is 19.8. The summed E-state index contributed by atoms with van der Waals surface area (Å²) in [6.45, 7) is 44.8. The van der Waals surface area contributed by atoms with Gasteiger partial charge >= 0.3 is 5.97 Å². The number of esters is 1. The Hall–Kier alpha value is -1.64. The lowest BCUT2D eigenvalue weighted by Gasteiger charge is -2.27. The number of rotatable bonds is 41. The van der Waals surface area contributed by atoms with Gasteiger partial charge in [-0.1, -0.05) is 81.0 Å². The molecule has 6 aliphatic heterocycles. The number of amides is 1. The minimum atomic E-state index is -1.74. The standard InChI is InChI=1S/C15H26BNO6.C14H25BNO5P.3C10H19BO4.C9H18ClN2P.C6H11BO3.C5H12O.CH4.BH/c1-5-10-13(23-12(19)7-6-11(18)17-3)14(15(16)22-10)21-8-9(2)20-4;1-6-11-12(21-22(5)19-8-7-16-3)13(14(15)20-11)18-9-10(2)17-4;3*1-4-7-8(12)9(10(11)15-7)14-5-6(2)13-3;1-8(2)12-13(10,9(3)4)7-5-6-11;1-2-3-4(8)5(9)6(7)10-3;1-4-5(2)6-3;;/h9-10,13-15H,5-8H2,1-4H3,(H,17,18);10-14H,6-9H2,1-2,4-5H3;3*6-10,12H,4-5H2,1-3H3;8-9H,5,7H2,1-4H3;3-6,8-9H,2H2,1H3;5H,4H2,1-3H3;1H4;1H/t9?,10-,13+,14?,15-;10?,11-,12+,13?,14-,22?;3*6?,7-,8+,9?,10-;;3-,4+,5?,6-;;;/m11111.1.../s1. The van der Waals surface area contributed by atoms with Crippen LogP contribution < -0.4 is 5.32 Å². The molecule has 6 saturated heterocycles. The summed E-state index contributed by atoms with van der Waals surface area (Å²) < 4.78 is 112. The number of aliphatic hydroxyl groups is 5. The molecule has 6 fully saturated rings. The lowest BCUT2D eigenvalue weighted by Crippen LogP contribution is -2.40. The molecule has 0 aliphatic carbocycles. The molecule has 6 rings (SSSR count). The molecule has 0 aromatic rings. The van der Waals surface area contributed by atoms with Crippen molar-refractivity contribution in [3.05, 3.63) is 11.4 Å². The number of halogens is 1. The van der Waals surface area contributed by atoms with Gasteiger partial charge in [-0.3, -0.25) is 14.3 Å². The summed E-state index contributed by atoms with van der Waals surface area (Å²) in [6.07, 6.45) is -2.90. The lowest BCUT2D eigenvalue weighted by molar-refractivity contribution is -0.159. The second-order valence-corrected chi connectivity index (χ2v) is 36.2. The molecule has 121 heavy (non-hydrogen) atoms. The second kappa shape index (κ2) is 71.2. The van der Waals surface area contributed by atoms with Crippen molar-refractivity contribution in [2.45, 2.75) is 384 Å². The number of ether oxygens (including phenoxy) is 18. The Kier molecular flexibility index (Phi) is 73.9. The number of nitriles is 1. The summed E-state index contributed by atoms with van der Waals surface area (Å²) in [7, 11) is 44.6. The summed E-state index contributed by atoms with van der Waals surface area (Å²) >= 11 is 6.44. The molecular formula is C80H154B7ClN4O27P2. The molecule has 6 heterocycles.